The normalized spacial score (nSPS) is 18.0. The monoisotopic (exact) mass is 421 g/mol. The van der Waals surface area contributed by atoms with E-state index in [1.54, 1.807) is 23.3 Å². The van der Waals surface area contributed by atoms with E-state index >= 15 is 0 Å². The molecule has 0 unspecified atom stereocenters. The summed E-state index contributed by atoms with van der Waals surface area (Å²) in [5.74, 6) is 0.167. The highest BCUT2D eigenvalue weighted by molar-refractivity contribution is 6.06. The lowest BCUT2D eigenvalue weighted by molar-refractivity contribution is -0.125. The Kier molecular flexibility index (Phi) is 6.21. The lowest BCUT2D eigenvalue weighted by atomic mass is 9.88. The molecule has 1 aromatic carbocycles. The van der Waals surface area contributed by atoms with E-state index in [9.17, 15) is 14.4 Å². The summed E-state index contributed by atoms with van der Waals surface area (Å²) >= 11 is 0. The van der Waals surface area contributed by atoms with Crippen LogP contribution in [-0.2, 0) is 14.4 Å². The minimum absolute atomic E-state index is 0.0152. The molecular weight excluding hydrogens is 394 g/mol. The van der Waals surface area contributed by atoms with Crippen molar-refractivity contribution in [3.05, 3.63) is 59.7 Å². The van der Waals surface area contributed by atoms with E-state index in [1.165, 1.54) is 0 Å². The van der Waals surface area contributed by atoms with Gasteiger partial charge in [-0.15, -0.1) is 0 Å². The molecule has 1 aromatic heterocycles. The number of amides is 2. The number of benzene rings is 1. The molecule has 0 bridgehead atoms. The largest absolute Gasteiger partial charge is 0.467 e. The number of nitrogens with zero attached hydrogens (tertiary/aromatic N) is 1. The first-order valence-electron chi connectivity index (χ1n) is 10.8. The third-order valence-electron chi connectivity index (χ3n) is 5.66. The quantitative estimate of drug-likeness (QED) is 0.733. The number of anilines is 2. The van der Waals surface area contributed by atoms with Crippen molar-refractivity contribution in [1.29, 1.82) is 0 Å². The molecule has 0 saturated heterocycles. The molecule has 1 aliphatic carbocycles. The van der Waals surface area contributed by atoms with Gasteiger partial charge >= 0.3 is 0 Å². The van der Waals surface area contributed by atoms with Gasteiger partial charge in [0, 0.05) is 37.1 Å². The minimum Gasteiger partial charge on any atom is -0.467 e. The summed E-state index contributed by atoms with van der Waals surface area (Å²) in [4.78, 5) is 40.3. The SMILES string of the molecule is CCCNC(=O)CCC(=O)N1c2ccccc2NC2=C(C(=O)CCC2)[C@H]1c1ccco1. The molecule has 162 valence electrons. The first kappa shape index (κ1) is 20.9. The van der Waals surface area contributed by atoms with E-state index < -0.39 is 6.04 Å². The zero-order chi connectivity index (χ0) is 21.8. The highest BCUT2D eigenvalue weighted by Crippen LogP contribution is 2.45. The highest BCUT2D eigenvalue weighted by atomic mass is 16.3. The Balaban J connectivity index is 1.76. The Bertz CT molecular complexity index is 1010. The minimum atomic E-state index is -0.667. The van der Waals surface area contributed by atoms with Crippen molar-refractivity contribution in [3.63, 3.8) is 0 Å². The van der Waals surface area contributed by atoms with E-state index in [1.807, 2.05) is 31.2 Å². The number of ketones is 1. The first-order chi connectivity index (χ1) is 15.1. The van der Waals surface area contributed by atoms with Crippen LogP contribution in [0, 0.1) is 0 Å². The number of hydrogen-bond donors (Lipinski definition) is 2. The van der Waals surface area contributed by atoms with Gasteiger partial charge in [0.2, 0.25) is 11.8 Å². The van der Waals surface area contributed by atoms with Crippen molar-refractivity contribution in [2.24, 2.45) is 0 Å². The standard InChI is InChI=1S/C24H27N3O4/c1-2-14-25-21(29)12-13-22(30)27-18-9-4-3-7-16(18)26-17-8-5-10-19(28)23(17)24(27)20-11-6-15-31-20/h3-4,6-7,9,11,15,24,26H,2,5,8,10,12-14H2,1H3,(H,25,29)/t24-/m1/s1. The van der Waals surface area contributed by atoms with Crippen LogP contribution in [0.3, 0.4) is 0 Å². The van der Waals surface area contributed by atoms with Crippen molar-refractivity contribution in [3.8, 4) is 0 Å². The average molecular weight is 421 g/mol. The third kappa shape index (κ3) is 4.26. The molecule has 2 heterocycles. The van der Waals surface area contributed by atoms with Gasteiger partial charge in [-0.05, 0) is 43.5 Å². The van der Waals surface area contributed by atoms with Gasteiger partial charge in [0.25, 0.3) is 0 Å². The van der Waals surface area contributed by atoms with Crippen LogP contribution in [0.2, 0.25) is 0 Å². The van der Waals surface area contributed by atoms with Crippen LogP contribution in [-0.4, -0.2) is 24.1 Å². The fourth-order valence-electron chi connectivity index (χ4n) is 4.22. The maximum atomic E-state index is 13.5. The fourth-order valence-corrected chi connectivity index (χ4v) is 4.22. The van der Waals surface area contributed by atoms with Gasteiger partial charge in [0.1, 0.15) is 11.8 Å². The summed E-state index contributed by atoms with van der Waals surface area (Å²) < 4.78 is 5.71. The van der Waals surface area contributed by atoms with E-state index in [-0.39, 0.29) is 30.4 Å². The van der Waals surface area contributed by atoms with Gasteiger partial charge in [0.15, 0.2) is 5.78 Å². The number of allylic oxidation sites excluding steroid dienone is 1. The van der Waals surface area contributed by atoms with Crippen LogP contribution in [0.1, 0.15) is 57.3 Å². The maximum absolute atomic E-state index is 13.5. The third-order valence-corrected chi connectivity index (χ3v) is 5.66. The lowest BCUT2D eigenvalue weighted by Crippen LogP contribution is -2.38. The summed E-state index contributed by atoms with van der Waals surface area (Å²) in [7, 11) is 0. The average Bonchev–Trinajstić information content (AvgIpc) is 3.25. The number of nitrogens with one attached hydrogen (secondary N) is 2. The fraction of sp³-hybridized carbons (Fsp3) is 0.375. The van der Waals surface area contributed by atoms with E-state index in [2.05, 4.69) is 10.6 Å². The second kappa shape index (κ2) is 9.20. The van der Waals surface area contributed by atoms with E-state index in [4.69, 9.17) is 4.42 Å². The number of Topliss-reactive ketones (excluding diaryl/α,β-unsaturated/α-hetero) is 1. The molecule has 2 aliphatic rings. The Morgan fingerprint density at radius 1 is 1.16 bits per heavy atom. The zero-order valence-corrected chi connectivity index (χ0v) is 17.6. The van der Waals surface area contributed by atoms with E-state index in [0.29, 0.717) is 30.0 Å². The molecule has 0 spiro atoms. The molecule has 7 nitrogen and oxygen atoms in total. The molecule has 2 aromatic rings. The van der Waals surface area contributed by atoms with Crippen molar-refractivity contribution in [1.82, 2.24) is 5.32 Å². The Morgan fingerprint density at radius 2 is 2.00 bits per heavy atom. The van der Waals surface area contributed by atoms with Gasteiger partial charge in [0.05, 0.1) is 17.6 Å². The van der Waals surface area contributed by atoms with Crippen molar-refractivity contribution >= 4 is 29.0 Å². The molecular formula is C24H27N3O4. The van der Waals surface area contributed by atoms with Crippen molar-refractivity contribution in [2.45, 2.75) is 51.5 Å². The summed E-state index contributed by atoms with van der Waals surface area (Å²) in [6, 6.07) is 10.4. The van der Waals surface area contributed by atoms with Gasteiger partial charge in [-0.1, -0.05) is 19.1 Å². The molecule has 2 N–H and O–H groups in total. The number of fused-ring (bicyclic) bond motifs is 1. The summed E-state index contributed by atoms with van der Waals surface area (Å²) in [5, 5.41) is 6.21. The summed E-state index contributed by atoms with van der Waals surface area (Å²) in [6.07, 6.45) is 4.46. The summed E-state index contributed by atoms with van der Waals surface area (Å²) in [5.41, 5.74) is 2.84. The topological polar surface area (TPSA) is 91.7 Å². The predicted molar refractivity (Wildman–Crippen MR) is 117 cm³/mol. The number of carbonyl (C=O) groups excluding carboxylic acids is 3. The molecule has 1 aliphatic heterocycles. The zero-order valence-electron chi connectivity index (χ0n) is 17.6. The number of para-hydroxylation sites is 2. The van der Waals surface area contributed by atoms with E-state index in [0.717, 1.165) is 30.6 Å². The maximum Gasteiger partial charge on any atom is 0.228 e. The molecule has 7 heteroatoms. The van der Waals surface area contributed by atoms with Crippen LogP contribution in [0.4, 0.5) is 11.4 Å². The molecule has 0 fully saturated rings. The second-order valence-electron chi connectivity index (χ2n) is 7.84. The van der Waals surface area contributed by atoms with Crippen molar-refractivity contribution < 1.29 is 18.8 Å². The van der Waals surface area contributed by atoms with Crippen molar-refractivity contribution in [2.75, 3.05) is 16.8 Å². The van der Waals surface area contributed by atoms with Crippen LogP contribution in [0.5, 0.6) is 0 Å². The molecule has 2 amide bonds. The van der Waals surface area contributed by atoms with Crippen LogP contribution in [0.25, 0.3) is 0 Å². The van der Waals surface area contributed by atoms with Crippen LogP contribution in [0.15, 0.2) is 58.3 Å². The van der Waals surface area contributed by atoms with Crippen LogP contribution >= 0.6 is 0 Å². The first-order valence-corrected chi connectivity index (χ1v) is 10.8. The molecule has 4 rings (SSSR count). The highest BCUT2D eigenvalue weighted by Gasteiger charge is 2.40. The van der Waals surface area contributed by atoms with Gasteiger partial charge < -0.3 is 15.1 Å². The number of carbonyl (C=O) groups is 3. The molecule has 1 atom stereocenters. The molecule has 0 radical (unpaired) electrons. The second-order valence-corrected chi connectivity index (χ2v) is 7.84. The number of furan rings is 1. The molecule has 31 heavy (non-hydrogen) atoms. The Hall–Kier alpha value is -3.35. The van der Waals surface area contributed by atoms with Gasteiger partial charge in [-0.3, -0.25) is 19.3 Å². The van der Waals surface area contributed by atoms with Crippen LogP contribution < -0.4 is 15.5 Å². The van der Waals surface area contributed by atoms with Gasteiger partial charge in [-0.25, -0.2) is 0 Å². The van der Waals surface area contributed by atoms with Gasteiger partial charge in [-0.2, -0.15) is 0 Å². The Morgan fingerprint density at radius 3 is 2.77 bits per heavy atom. The number of rotatable bonds is 6. The summed E-state index contributed by atoms with van der Waals surface area (Å²) in [6.45, 7) is 2.57. The smallest absolute Gasteiger partial charge is 0.228 e. The lowest BCUT2D eigenvalue weighted by Gasteiger charge is -2.32. The predicted octanol–water partition coefficient (Wildman–Crippen LogP) is 4.09. The number of hydrogen-bond acceptors (Lipinski definition) is 5. The Labute approximate surface area is 181 Å². The molecule has 0 saturated carbocycles.